The number of carbonyl (C=O) groups is 1. The molecular weight excluding hydrogens is 380 g/mol. The van der Waals surface area contributed by atoms with Gasteiger partial charge in [-0.25, -0.2) is 23.2 Å². The van der Waals surface area contributed by atoms with E-state index in [4.69, 9.17) is 5.11 Å². The van der Waals surface area contributed by atoms with Gasteiger partial charge < -0.3 is 10.4 Å². The molecule has 0 radical (unpaired) electrons. The molecule has 28 heavy (non-hydrogen) atoms. The van der Waals surface area contributed by atoms with Gasteiger partial charge in [0.2, 0.25) is 5.95 Å². The fraction of sp³-hybridized carbons (Fsp3) is 0.105. The quantitative estimate of drug-likeness (QED) is 0.582. The minimum absolute atomic E-state index is 0.0126. The van der Waals surface area contributed by atoms with Gasteiger partial charge in [0.25, 0.3) is 10.0 Å². The zero-order valence-electron chi connectivity index (χ0n) is 15.2. The first-order chi connectivity index (χ1) is 13.2. The SMILES string of the molecule is Cc1cc(C)nc(Nc2cccc(NS(=O)(=O)c3ccc(C(=O)O)cc3)c2)n1. The van der Waals surface area contributed by atoms with Gasteiger partial charge >= 0.3 is 5.97 Å². The Morgan fingerprint density at radius 3 is 2.14 bits per heavy atom. The van der Waals surface area contributed by atoms with E-state index in [9.17, 15) is 13.2 Å². The van der Waals surface area contributed by atoms with Gasteiger partial charge in [-0.3, -0.25) is 4.72 Å². The first-order valence-electron chi connectivity index (χ1n) is 8.28. The van der Waals surface area contributed by atoms with E-state index in [2.05, 4.69) is 20.0 Å². The number of hydrogen-bond acceptors (Lipinski definition) is 6. The maximum atomic E-state index is 12.5. The monoisotopic (exact) mass is 398 g/mol. The van der Waals surface area contributed by atoms with E-state index < -0.39 is 16.0 Å². The standard InChI is InChI=1S/C19H18N4O4S/c1-12-10-13(2)21-19(20-12)22-15-4-3-5-16(11-15)23-28(26,27)17-8-6-14(7-9-17)18(24)25/h3-11,23H,1-2H3,(H,24,25)(H,20,21,22). The van der Waals surface area contributed by atoms with Crippen LogP contribution in [0.5, 0.6) is 0 Å². The molecular formula is C19H18N4O4S. The van der Waals surface area contributed by atoms with Crippen LogP contribution in [0.15, 0.2) is 59.5 Å². The summed E-state index contributed by atoms with van der Waals surface area (Å²) in [5.41, 5.74) is 2.61. The van der Waals surface area contributed by atoms with E-state index in [1.165, 1.54) is 24.3 Å². The van der Waals surface area contributed by atoms with Crippen molar-refractivity contribution in [2.24, 2.45) is 0 Å². The maximum Gasteiger partial charge on any atom is 0.335 e. The number of nitrogens with one attached hydrogen (secondary N) is 2. The van der Waals surface area contributed by atoms with Crippen LogP contribution >= 0.6 is 0 Å². The van der Waals surface area contributed by atoms with E-state index in [0.717, 1.165) is 11.4 Å². The number of sulfonamides is 1. The Labute approximate surface area is 162 Å². The van der Waals surface area contributed by atoms with E-state index in [-0.39, 0.29) is 10.5 Å². The highest BCUT2D eigenvalue weighted by molar-refractivity contribution is 7.92. The highest BCUT2D eigenvalue weighted by Crippen LogP contribution is 2.22. The van der Waals surface area contributed by atoms with Gasteiger partial charge in [0.15, 0.2) is 0 Å². The molecule has 1 aromatic heterocycles. The molecule has 0 spiro atoms. The molecule has 9 heteroatoms. The lowest BCUT2D eigenvalue weighted by molar-refractivity contribution is 0.0696. The van der Waals surface area contributed by atoms with E-state index in [1.807, 2.05) is 19.9 Å². The summed E-state index contributed by atoms with van der Waals surface area (Å²) in [5.74, 6) is -0.703. The number of benzene rings is 2. The van der Waals surface area contributed by atoms with Crippen LogP contribution in [-0.2, 0) is 10.0 Å². The van der Waals surface area contributed by atoms with Gasteiger partial charge in [-0.05, 0) is 62.4 Å². The fourth-order valence-corrected chi connectivity index (χ4v) is 3.61. The summed E-state index contributed by atoms with van der Waals surface area (Å²) < 4.78 is 27.6. The lowest BCUT2D eigenvalue weighted by Crippen LogP contribution is -2.13. The van der Waals surface area contributed by atoms with Crippen LogP contribution in [0.25, 0.3) is 0 Å². The Balaban J connectivity index is 1.80. The summed E-state index contributed by atoms with van der Waals surface area (Å²) in [6, 6.07) is 13.5. The first-order valence-corrected chi connectivity index (χ1v) is 9.77. The second-order valence-electron chi connectivity index (χ2n) is 6.12. The Kier molecular flexibility index (Phi) is 5.27. The largest absolute Gasteiger partial charge is 0.478 e. The number of hydrogen-bond donors (Lipinski definition) is 3. The molecule has 0 saturated heterocycles. The lowest BCUT2D eigenvalue weighted by atomic mass is 10.2. The van der Waals surface area contributed by atoms with Crippen LogP contribution in [0, 0.1) is 13.8 Å². The van der Waals surface area contributed by atoms with E-state index in [1.54, 1.807) is 24.3 Å². The average Bonchev–Trinajstić information content (AvgIpc) is 2.61. The molecule has 3 aromatic rings. The predicted octanol–water partition coefficient (Wildman–Crippen LogP) is 3.34. The number of rotatable bonds is 6. The minimum Gasteiger partial charge on any atom is -0.478 e. The number of anilines is 3. The maximum absolute atomic E-state index is 12.5. The Morgan fingerprint density at radius 1 is 0.929 bits per heavy atom. The van der Waals surface area contributed by atoms with Gasteiger partial charge in [-0.1, -0.05) is 6.07 Å². The third-order valence-electron chi connectivity index (χ3n) is 3.76. The molecule has 0 saturated carbocycles. The smallest absolute Gasteiger partial charge is 0.335 e. The molecule has 0 bridgehead atoms. The molecule has 0 aliphatic rings. The van der Waals surface area contributed by atoms with Crippen LogP contribution in [0.2, 0.25) is 0 Å². The zero-order valence-corrected chi connectivity index (χ0v) is 16.0. The fourth-order valence-electron chi connectivity index (χ4n) is 2.56. The normalized spacial score (nSPS) is 11.1. The molecule has 1 heterocycles. The van der Waals surface area contributed by atoms with Crippen LogP contribution in [0.1, 0.15) is 21.7 Å². The molecule has 0 aliphatic carbocycles. The van der Waals surface area contributed by atoms with Gasteiger partial charge in [0.05, 0.1) is 16.1 Å². The van der Waals surface area contributed by atoms with Crippen LogP contribution in [0.3, 0.4) is 0 Å². The molecule has 2 aromatic carbocycles. The van der Waals surface area contributed by atoms with Crippen LogP contribution < -0.4 is 10.0 Å². The second kappa shape index (κ2) is 7.65. The van der Waals surface area contributed by atoms with Crippen molar-refractivity contribution in [1.82, 2.24) is 9.97 Å². The summed E-state index contributed by atoms with van der Waals surface area (Å²) in [6.07, 6.45) is 0. The molecule has 3 rings (SSSR count). The van der Waals surface area contributed by atoms with Gasteiger partial charge in [-0.2, -0.15) is 0 Å². The summed E-state index contributed by atoms with van der Waals surface area (Å²) in [6.45, 7) is 3.72. The predicted molar refractivity (Wildman–Crippen MR) is 105 cm³/mol. The molecule has 0 amide bonds. The van der Waals surface area contributed by atoms with Crippen molar-refractivity contribution in [1.29, 1.82) is 0 Å². The van der Waals surface area contributed by atoms with Crippen molar-refractivity contribution >= 4 is 33.3 Å². The van der Waals surface area contributed by atoms with Crippen molar-refractivity contribution in [3.8, 4) is 0 Å². The molecule has 8 nitrogen and oxygen atoms in total. The number of aromatic carboxylic acids is 1. The van der Waals surface area contributed by atoms with Crippen molar-refractivity contribution < 1.29 is 18.3 Å². The van der Waals surface area contributed by atoms with Crippen molar-refractivity contribution in [2.75, 3.05) is 10.0 Å². The summed E-state index contributed by atoms with van der Waals surface area (Å²) in [7, 11) is -3.86. The topological polar surface area (TPSA) is 121 Å². The minimum atomic E-state index is -3.86. The number of carboxylic acid groups (broad SMARTS) is 1. The van der Waals surface area contributed by atoms with E-state index in [0.29, 0.717) is 17.3 Å². The van der Waals surface area contributed by atoms with Crippen molar-refractivity contribution in [3.05, 3.63) is 71.5 Å². The Hall–Kier alpha value is -3.46. The van der Waals surface area contributed by atoms with Gasteiger partial charge in [0, 0.05) is 17.1 Å². The molecule has 0 unspecified atom stereocenters. The number of aromatic nitrogens is 2. The third kappa shape index (κ3) is 4.63. The van der Waals surface area contributed by atoms with Crippen molar-refractivity contribution in [2.45, 2.75) is 18.7 Å². The summed E-state index contributed by atoms with van der Waals surface area (Å²) >= 11 is 0. The summed E-state index contributed by atoms with van der Waals surface area (Å²) in [4.78, 5) is 19.5. The van der Waals surface area contributed by atoms with Crippen molar-refractivity contribution in [3.63, 3.8) is 0 Å². The zero-order chi connectivity index (χ0) is 20.3. The molecule has 0 fully saturated rings. The van der Waals surface area contributed by atoms with Gasteiger partial charge in [-0.15, -0.1) is 0 Å². The number of aryl methyl sites for hydroxylation is 2. The highest BCUT2D eigenvalue weighted by Gasteiger charge is 2.15. The molecule has 0 atom stereocenters. The van der Waals surface area contributed by atoms with Gasteiger partial charge in [0.1, 0.15) is 0 Å². The number of nitrogens with zero attached hydrogens (tertiary/aromatic N) is 2. The summed E-state index contributed by atoms with van der Waals surface area (Å²) in [5, 5.41) is 12.0. The average molecular weight is 398 g/mol. The molecule has 0 aliphatic heterocycles. The number of carboxylic acids is 1. The molecule has 3 N–H and O–H groups in total. The highest BCUT2D eigenvalue weighted by atomic mass is 32.2. The Morgan fingerprint density at radius 2 is 1.54 bits per heavy atom. The Bertz CT molecular complexity index is 1110. The molecule has 144 valence electrons. The second-order valence-corrected chi connectivity index (χ2v) is 7.80. The van der Waals surface area contributed by atoms with E-state index >= 15 is 0 Å². The first kappa shape index (κ1) is 19.3. The third-order valence-corrected chi connectivity index (χ3v) is 5.16. The van der Waals surface area contributed by atoms with Crippen LogP contribution in [0.4, 0.5) is 17.3 Å². The lowest BCUT2D eigenvalue weighted by Gasteiger charge is -2.11. The van der Waals surface area contributed by atoms with Crippen LogP contribution in [-0.4, -0.2) is 29.5 Å².